The van der Waals surface area contributed by atoms with E-state index < -0.39 is 8.32 Å². The van der Waals surface area contributed by atoms with Crippen molar-refractivity contribution in [2.75, 3.05) is 6.61 Å². The molecule has 0 aliphatic heterocycles. The summed E-state index contributed by atoms with van der Waals surface area (Å²) in [6.07, 6.45) is 4.67. The van der Waals surface area contributed by atoms with Crippen LogP contribution < -0.4 is 10.4 Å². The molecule has 0 atom stereocenters. The van der Waals surface area contributed by atoms with Crippen molar-refractivity contribution < 1.29 is 4.43 Å². The summed E-state index contributed by atoms with van der Waals surface area (Å²) in [6, 6.07) is 21.8. The Balaban J connectivity index is 2.26. The van der Waals surface area contributed by atoms with Crippen molar-refractivity contribution in [3.8, 4) is 0 Å². The van der Waals surface area contributed by atoms with Crippen LogP contribution in [-0.2, 0) is 4.43 Å². The Kier molecular flexibility index (Phi) is 8.59. The molecule has 0 unspecified atom stereocenters. The summed E-state index contributed by atoms with van der Waals surface area (Å²) < 4.78 is 7.31. The smallest absolute Gasteiger partial charge is 0.261 e. The minimum atomic E-state index is -2.35. The molecule has 0 fully saturated rings. The second-order valence-corrected chi connectivity index (χ2v) is 15.5. The second-order valence-electron chi connectivity index (χ2n) is 7.75. The van der Waals surface area contributed by atoms with Gasteiger partial charge in [-0.3, -0.25) is 0 Å². The molecule has 26 heavy (non-hydrogen) atoms. The van der Waals surface area contributed by atoms with E-state index in [1.165, 1.54) is 23.2 Å². The molecule has 0 amide bonds. The van der Waals surface area contributed by atoms with Gasteiger partial charge in [-0.25, -0.2) is 0 Å². The zero-order valence-corrected chi connectivity index (χ0v) is 20.2. The summed E-state index contributed by atoms with van der Waals surface area (Å²) in [4.78, 5) is 0. The molecule has 0 N–H and O–H groups in total. The zero-order chi connectivity index (χ0) is 19.0. The Morgan fingerprint density at radius 1 is 0.808 bits per heavy atom. The van der Waals surface area contributed by atoms with E-state index in [0.717, 1.165) is 19.4 Å². The normalized spacial score (nSPS) is 12.5. The lowest BCUT2D eigenvalue weighted by Crippen LogP contribution is -2.66. The monoisotopic (exact) mass is 496 g/mol. The fraction of sp³-hybridized carbons (Fsp3) is 0.455. The van der Waals surface area contributed by atoms with Gasteiger partial charge in [0.05, 0.1) is 3.74 Å². The predicted octanol–water partition coefficient (Wildman–Crippen LogP) is 6.24. The second kappa shape index (κ2) is 10.2. The molecule has 0 radical (unpaired) electrons. The van der Waals surface area contributed by atoms with Crippen molar-refractivity contribution in [2.45, 2.75) is 55.2 Å². The lowest BCUT2D eigenvalue weighted by molar-refractivity contribution is 0.287. The van der Waals surface area contributed by atoms with E-state index in [0.29, 0.717) is 3.74 Å². The van der Waals surface area contributed by atoms with Crippen molar-refractivity contribution in [1.82, 2.24) is 0 Å². The molecule has 2 aromatic rings. The van der Waals surface area contributed by atoms with E-state index >= 15 is 0 Å². The average Bonchev–Trinajstić information content (AvgIpc) is 2.61. The highest BCUT2D eigenvalue weighted by Crippen LogP contribution is 2.36. The lowest BCUT2D eigenvalue weighted by atomic mass is 10.2. The molecular formula is C22H30Br2OSi. The molecule has 2 aromatic carbocycles. The number of alkyl halides is 2. The fourth-order valence-electron chi connectivity index (χ4n) is 3.56. The van der Waals surface area contributed by atoms with Gasteiger partial charge in [0.25, 0.3) is 8.32 Å². The molecule has 0 saturated heterocycles. The molecule has 0 spiro atoms. The Morgan fingerprint density at radius 3 is 1.73 bits per heavy atom. The minimum Gasteiger partial charge on any atom is -0.407 e. The topological polar surface area (TPSA) is 9.23 Å². The van der Waals surface area contributed by atoms with Crippen LogP contribution in [-0.4, -0.2) is 18.7 Å². The predicted molar refractivity (Wildman–Crippen MR) is 124 cm³/mol. The lowest BCUT2D eigenvalue weighted by Gasteiger charge is -2.43. The number of rotatable bonds is 9. The maximum Gasteiger partial charge on any atom is 0.261 e. The summed E-state index contributed by atoms with van der Waals surface area (Å²) in [5.41, 5.74) is 0. The van der Waals surface area contributed by atoms with Gasteiger partial charge in [-0.05, 0) is 28.3 Å². The van der Waals surface area contributed by atoms with Crippen LogP contribution in [0.25, 0.3) is 0 Å². The molecule has 0 aliphatic carbocycles. The van der Waals surface area contributed by atoms with Crippen molar-refractivity contribution in [3.63, 3.8) is 0 Å². The van der Waals surface area contributed by atoms with Gasteiger partial charge in [-0.1, -0.05) is 126 Å². The van der Waals surface area contributed by atoms with Gasteiger partial charge in [0.15, 0.2) is 0 Å². The van der Waals surface area contributed by atoms with Crippen LogP contribution in [0.4, 0.5) is 0 Å². The molecule has 0 saturated carbocycles. The standard InChI is InChI=1S/C22H30Br2OSi/c1-22(2,3)26(19-13-7-4-8-14-19,20-15-9-5-10-16-20)25-18-12-6-11-17-21(23)24/h4-5,7-10,13-16,21H,6,11-12,17-18H2,1-3H3. The first-order valence-corrected chi connectivity index (χ1v) is 13.1. The maximum atomic E-state index is 6.89. The molecular weight excluding hydrogens is 468 g/mol. The zero-order valence-electron chi connectivity index (χ0n) is 16.1. The van der Waals surface area contributed by atoms with Crippen LogP contribution in [0.3, 0.4) is 0 Å². The van der Waals surface area contributed by atoms with E-state index in [-0.39, 0.29) is 5.04 Å². The highest BCUT2D eigenvalue weighted by molar-refractivity contribution is 9.24. The van der Waals surface area contributed by atoms with Crippen molar-refractivity contribution in [1.29, 1.82) is 0 Å². The molecule has 0 bridgehead atoms. The van der Waals surface area contributed by atoms with Gasteiger partial charge in [0.1, 0.15) is 0 Å². The first kappa shape index (κ1) is 21.9. The third-order valence-corrected chi connectivity index (χ3v) is 10.8. The molecule has 2 rings (SSSR count). The van der Waals surface area contributed by atoms with Crippen LogP contribution in [0.2, 0.25) is 5.04 Å². The van der Waals surface area contributed by atoms with Crippen molar-refractivity contribution in [2.24, 2.45) is 0 Å². The van der Waals surface area contributed by atoms with Gasteiger partial charge >= 0.3 is 0 Å². The average molecular weight is 498 g/mol. The summed E-state index contributed by atoms with van der Waals surface area (Å²) in [7, 11) is -2.35. The number of hydrogen-bond acceptors (Lipinski definition) is 1. The van der Waals surface area contributed by atoms with E-state index in [1.54, 1.807) is 0 Å². The SMILES string of the molecule is CC(C)(C)[Si](OCCCCCC(Br)Br)(c1ccccc1)c1ccccc1. The number of hydrogen-bond donors (Lipinski definition) is 0. The van der Waals surface area contributed by atoms with Crippen LogP contribution in [0.5, 0.6) is 0 Å². The third-order valence-electron chi connectivity index (χ3n) is 4.80. The van der Waals surface area contributed by atoms with Gasteiger partial charge in [-0.2, -0.15) is 0 Å². The Bertz CT molecular complexity index is 599. The van der Waals surface area contributed by atoms with Crippen LogP contribution in [0.15, 0.2) is 60.7 Å². The molecule has 0 aliphatic rings. The van der Waals surface area contributed by atoms with Gasteiger partial charge < -0.3 is 4.43 Å². The van der Waals surface area contributed by atoms with E-state index in [9.17, 15) is 0 Å². The first-order chi connectivity index (χ1) is 12.4. The molecule has 0 heterocycles. The van der Waals surface area contributed by atoms with E-state index in [2.05, 4.69) is 113 Å². The number of benzene rings is 2. The Labute approximate surface area is 176 Å². The molecule has 142 valence electrons. The van der Waals surface area contributed by atoms with Crippen molar-refractivity contribution >= 4 is 50.6 Å². The molecule has 4 heteroatoms. The highest BCUT2D eigenvalue weighted by atomic mass is 79.9. The maximum absolute atomic E-state index is 6.89. The van der Waals surface area contributed by atoms with Crippen LogP contribution in [0.1, 0.15) is 46.5 Å². The van der Waals surface area contributed by atoms with E-state index in [4.69, 9.17) is 4.43 Å². The van der Waals surface area contributed by atoms with Gasteiger partial charge in [-0.15, -0.1) is 0 Å². The minimum absolute atomic E-state index is 0.0620. The summed E-state index contributed by atoms with van der Waals surface area (Å²) in [6.45, 7) is 7.82. The van der Waals surface area contributed by atoms with E-state index in [1.807, 2.05) is 0 Å². The number of unbranched alkanes of at least 4 members (excludes halogenated alkanes) is 2. The van der Waals surface area contributed by atoms with Crippen molar-refractivity contribution in [3.05, 3.63) is 60.7 Å². The summed E-state index contributed by atoms with van der Waals surface area (Å²) in [5, 5.41) is 2.78. The Morgan fingerprint density at radius 2 is 1.31 bits per heavy atom. The largest absolute Gasteiger partial charge is 0.407 e. The van der Waals surface area contributed by atoms with Crippen LogP contribution in [0, 0.1) is 0 Å². The third kappa shape index (κ3) is 5.54. The fourth-order valence-corrected chi connectivity index (χ4v) is 8.82. The first-order valence-electron chi connectivity index (χ1n) is 9.41. The summed E-state index contributed by atoms with van der Waals surface area (Å²) in [5.74, 6) is 0. The van der Waals surface area contributed by atoms with Gasteiger partial charge in [0, 0.05) is 6.61 Å². The van der Waals surface area contributed by atoms with Crippen LogP contribution >= 0.6 is 31.9 Å². The highest BCUT2D eigenvalue weighted by Gasteiger charge is 2.49. The summed E-state index contributed by atoms with van der Waals surface area (Å²) >= 11 is 7.11. The number of halogens is 2. The quantitative estimate of drug-likeness (QED) is 0.226. The molecule has 0 aromatic heterocycles. The molecule has 1 nitrogen and oxygen atoms in total. The van der Waals surface area contributed by atoms with Gasteiger partial charge in [0.2, 0.25) is 0 Å². The Hall–Kier alpha value is -0.423.